The molecule has 0 saturated carbocycles. The van der Waals surface area contributed by atoms with Crippen molar-refractivity contribution in [3.8, 4) is 0 Å². The molecule has 0 radical (unpaired) electrons. The highest BCUT2D eigenvalue weighted by atomic mass is 32.2. The molecule has 0 fully saturated rings. The van der Waals surface area contributed by atoms with Crippen LogP contribution in [-0.4, -0.2) is 14.7 Å². The van der Waals surface area contributed by atoms with Gasteiger partial charge in [-0.05, 0) is 0 Å². The Kier molecular flexibility index (Phi) is 2.89. The van der Waals surface area contributed by atoms with E-state index in [1.807, 2.05) is 0 Å². The minimum Gasteiger partial charge on any atom is -0.754 e. The van der Waals surface area contributed by atoms with Crippen LogP contribution in [0.1, 0.15) is 0 Å². The van der Waals surface area contributed by atoms with Gasteiger partial charge in [-0.3, -0.25) is 4.21 Å². The Balaban J connectivity index is 3.45. The second-order valence-electron chi connectivity index (χ2n) is 0.863. The Morgan fingerprint density at radius 1 is 1.75 bits per heavy atom. The molecular formula is CH5N4O2S-. The molecule has 0 amide bonds. The minimum atomic E-state index is -2.43. The van der Waals surface area contributed by atoms with Gasteiger partial charge < -0.3 is 16.0 Å². The fourth-order valence-corrected chi connectivity index (χ4v) is 0.270. The van der Waals surface area contributed by atoms with E-state index < -0.39 is 11.3 Å². The number of nitrogens with one attached hydrogen (secondary N) is 1. The van der Waals surface area contributed by atoms with Crippen LogP contribution in [-0.2, 0) is 11.3 Å². The largest absolute Gasteiger partial charge is 0.754 e. The second kappa shape index (κ2) is 3.22. The summed E-state index contributed by atoms with van der Waals surface area (Å²) < 4.78 is 19.1. The molecule has 0 heterocycles. The van der Waals surface area contributed by atoms with Gasteiger partial charge in [0.25, 0.3) is 0 Å². The molecule has 0 spiro atoms. The summed E-state index contributed by atoms with van der Waals surface area (Å²) in [6.45, 7) is 0. The molecule has 6 nitrogen and oxygen atoms in total. The first kappa shape index (κ1) is 7.18. The van der Waals surface area contributed by atoms with E-state index >= 15 is 0 Å². The van der Waals surface area contributed by atoms with Crippen molar-refractivity contribution in [2.75, 3.05) is 0 Å². The molecule has 0 aromatic heterocycles. The molecule has 7 heteroatoms. The first-order valence-corrected chi connectivity index (χ1v) is 2.64. The van der Waals surface area contributed by atoms with E-state index in [9.17, 15) is 8.76 Å². The summed E-state index contributed by atoms with van der Waals surface area (Å²) in [4.78, 5) is 1.60. The molecule has 0 saturated heterocycles. The summed E-state index contributed by atoms with van der Waals surface area (Å²) >= 11 is -2.43. The Labute approximate surface area is 48.3 Å². The van der Waals surface area contributed by atoms with Crippen LogP contribution in [0.3, 0.4) is 0 Å². The zero-order valence-electron chi connectivity index (χ0n) is 3.83. The summed E-state index contributed by atoms with van der Waals surface area (Å²) in [5.41, 5.74) is 9.47. The molecule has 0 aromatic rings. The van der Waals surface area contributed by atoms with Gasteiger partial charge in [0.2, 0.25) is 5.96 Å². The average molecular weight is 137 g/mol. The van der Waals surface area contributed by atoms with Crippen molar-refractivity contribution in [1.29, 1.82) is 0 Å². The van der Waals surface area contributed by atoms with Gasteiger partial charge in [0, 0.05) is 0 Å². The number of guanidine groups is 1. The number of hydrazone groups is 1. The number of hydrogen-bond acceptors (Lipinski definition) is 3. The Morgan fingerprint density at radius 2 is 2.25 bits per heavy atom. The molecule has 48 valence electrons. The summed E-state index contributed by atoms with van der Waals surface area (Å²) in [6.07, 6.45) is 0. The van der Waals surface area contributed by atoms with Crippen LogP contribution in [0.4, 0.5) is 0 Å². The monoisotopic (exact) mass is 137 g/mol. The van der Waals surface area contributed by atoms with Gasteiger partial charge in [-0.2, -0.15) is 0 Å². The van der Waals surface area contributed by atoms with Crippen LogP contribution < -0.4 is 16.3 Å². The highest BCUT2D eigenvalue weighted by Gasteiger charge is 1.74. The molecule has 0 aliphatic rings. The summed E-state index contributed by atoms with van der Waals surface area (Å²) in [5.74, 6) is -0.325. The van der Waals surface area contributed by atoms with E-state index in [4.69, 9.17) is 11.5 Å². The van der Waals surface area contributed by atoms with E-state index in [-0.39, 0.29) is 5.96 Å². The normalized spacial score (nSPS) is 12.1. The van der Waals surface area contributed by atoms with Gasteiger partial charge in [0.1, 0.15) is 0 Å². The smallest absolute Gasteiger partial charge is 0.209 e. The molecule has 0 rings (SSSR count). The number of rotatable bonds is 2. The highest BCUT2D eigenvalue weighted by Crippen LogP contribution is 1.59. The molecular weight excluding hydrogens is 132 g/mol. The molecule has 5 N–H and O–H groups in total. The van der Waals surface area contributed by atoms with E-state index in [0.717, 1.165) is 0 Å². The van der Waals surface area contributed by atoms with Gasteiger partial charge in [0.05, 0.1) is 11.3 Å². The van der Waals surface area contributed by atoms with E-state index in [0.29, 0.717) is 0 Å². The third-order valence-electron chi connectivity index (χ3n) is 0.249. The maximum atomic E-state index is 9.57. The Bertz CT molecular complexity index is 117. The number of hydrogen-bond donors (Lipinski definition) is 3. The first-order chi connectivity index (χ1) is 3.63. The SMILES string of the molecule is NC(N)=NNS(=O)[O-]. The maximum Gasteiger partial charge on any atom is 0.209 e. The first-order valence-electron chi connectivity index (χ1n) is 1.56. The van der Waals surface area contributed by atoms with E-state index in [1.165, 1.54) is 0 Å². The van der Waals surface area contributed by atoms with Crippen molar-refractivity contribution >= 4 is 17.2 Å². The van der Waals surface area contributed by atoms with Gasteiger partial charge in [0.15, 0.2) is 0 Å². The van der Waals surface area contributed by atoms with Crippen molar-refractivity contribution in [2.45, 2.75) is 0 Å². The van der Waals surface area contributed by atoms with Gasteiger partial charge in [-0.1, -0.05) is 0 Å². The quantitative estimate of drug-likeness (QED) is 0.169. The van der Waals surface area contributed by atoms with E-state index in [1.54, 1.807) is 4.83 Å². The fourth-order valence-electron chi connectivity index (χ4n) is 0.0900. The van der Waals surface area contributed by atoms with Crippen molar-refractivity contribution in [1.82, 2.24) is 4.83 Å². The van der Waals surface area contributed by atoms with Crippen LogP contribution in [0.2, 0.25) is 0 Å². The van der Waals surface area contributed by atoms with Crippen molar-refractivity contribution < 1.29 is 8.76 Å². The van der Waals surface area contributed by atoms with Crippen molar-refractivity contribution in [3.05, 3.63) is 0 Å². The Morgan fingerprint density at radius 3 is 2.38 bits per heavy atom. The summed E-state index contributed by atoms with van der Waals surface area (Å²) in [5, 5.41) is 2.93. The van der Waals surface area contributed by atoms with Crippen LogP contribution in [0, 0.1) is 0 Å². The number of nitrogens with zero attached hydrogens (tertiary/aromatic N) is 1. The predicted molar refractivity (Wildman–Crippen MR) is 27.9 cm³/mol. The zero-order valence-corrected chi connectivity index (χ0v) is 4.64. The molecule has 1 unspecified atom stereocenters. The lowest BCUT2D eigenvalue weighted by atomic mass is 11.1. The van der Waals surface area contributed by atoms with Gasteiger partial charge in [-0.15, -0.1) is 5.10 Å². The van der Waals surface area contributed by atoms with Crippen molar-refractivity contribution in [3.63, 3.8) is 0 Å². The fraction of sp³-hybridized carbons (Fsp3) is 0. The third-order valence-corrected chi connectivity index (χ3v) is 0.490. The molecule has 0 aliphatic carbocycles. The minimum absolute atomic E-state index is 0.325. The van der Waals surface area contributed by atoms with E-state index in [2.05, 4.69) is 5.10 Å². The highest BCUT2D eigenvalue weighted by molar-refractivity contribution is 7.77. The topological polar surface area (TPSA) is 117 Å². The lowest BCUT2D eigenvalue weighted by Crippen LogP contribution is -2.26. The predicted octanol–water partition coefficient (Wildman–Crippen LogP) is -2.44. The average Bonchev–Trinajstić information content (AvgIpc) is 1.61. The van der Waals surface area contributed by atoms with Crippen LogP contribution in [0.25, 0.3) is 0 Å². The van der Waals surface area contributed by atoms with Crippen LogP contribution in [0.15, 0.2) is 5.10 Å². The lowest BCUT2D eigenvalue weighted by Gasteiger charge is -2.00. The summed E-state index contributed by atoms with van der Waals surface area (Å²) in [7, 11) is 0. The standard InChI is InChI=1S/CH6N4O2S/c2-1(3)4-5-8(6)7/h5H,(H,6,7)(H4,2,3,4)/p-1. The Hall–Kier alpha value is -0.820. The molecule has 0 aromatic carbocycles. The van der Waals surface area contributed by atoms with Gasteiger partial charge >= 0.3 is 0 Å². The molecule has 0 aliphatic heterocycles. The van der Waals surface area contributed by atoms with Gasteiger partial charge in [-0.25, -0.2) is 4.83 Å². The summed E-state index contributed by atoms with van der Waals surface area (Å²) in [6, 6.07) is 0. The second-order valence-corrected chi connectivity index (χ2v) is 1.51. The molecule has 0 bridgehead atoms. The lowest BCUT2D eigenvalue weighted by molar-refractivity contribution is 0.525. The van der Waals surface area contributed by atoms with Crippen LogP contribution >= 0.6 is 0 Å². The maximum absolute atomic E-state index is 9.57. The molecule has 1 atom stereocenters. The number of nitrogens with two attached hydrogens (primary N) is 2. The third kappa shape index (κ3) is 5.18. The van der Waals surface area contributed by atoms with Crippen LogP contribution in [0.5, 0.6) is 0 Å². The molecule has 8 heavy (non-hydrogen) atoms. The van der Waals surface area contributed by atoms with Crippen molar-refractivity contribution in [2.24, 2.45) is 16.6 Å². The zero-order chi connectivity index (χ0) is 6.57.